The number of para-hydroxylation sites is 1. The Hall–Kier alpha value is -2.63. The first-order valence-electron chi connectivity index (χ1n) is 12.0. The number of nitrogens with zero attached hydrogens (tertiary/aromatic N) is 1. The van der Waals surface area contributed by atoms with Crippen molar-refractivity contribution in [3.63, 3.8) is 0 Å². The van der Waals surface area contributed by atoms with Crippen LogP contribution in [0, 0.1) is 11.3 Å². The largest absolute Gasteiger partial charge is 0.493 e. The molecule has 4 rings (SSSR count). The summed E-state index contributed by atoms with van der Waals surface area (Å²) in [5.41, 5.74) is 2.69. The summed E-state index contributed by atoms with van der Waals surface area (Å²) >= 11 is 0. The Kier molecular flexibility index (Phi) is 6.64. The van der Waals surface area contributed by atoms with Gasteiger partial charge < -0.3 is 14.2 Å². The summed E-state index contributed by atoms with van der Waals surface area (Å²) in [6, 6.07) is 5.62. The minimum absolute atomic E-state index is 0.0443. The third-order valence-electron chi connectivity index (χ3n) is 7.16. The second kappa shape index (κ2) is 9.32. The molecule has 1 saturated carbocycles. The second-order valence-corrected chi connectivity index (χ2v) is 10.3. The fourth-order valence-corrected chi connectivity index (χ4v) is 5.66. The van der Waals surface area contributed by atoms with Gasteiger partial charge in [-0.3, -0.25) is 14.6 Å². The van der Waals surface area contributed by atoms with Gasteiger partial charge in [0.1, 0.15) is 12.0 Å². The van der Waals surface area contributed by atoms with Crippen LogP contribution in [0.2, 0.25) is 0 Å². The fraction of sp³-hybridized carbons (Fsp3) is 0.593. The molecule has 2 aliphatic carbocycles. The van der Waals surface area contributed by atoms with Gasteiger partial charge >= 0.3 is 5.97 Å². The number of benzene rings is 1. The Morgan fingerprint density at radius 1 is 1.06 bits per heavy atom. The molecule has 0 spiro atoms. The lowest BCUT2D eigenvalue weighted by Gasteiger charge is -2.39. The Balaban J connectivity index is 1.83. The van der Waals surface area contributed by atoms with Gasteiger partial charge in [0.25, 0.3) is 0 Å². The summed E-state index contributed by atoms with van der Waals surface area (Å²) in [6.07, 6.45) is 6.17. The van der Waals surface area contributed by atoms with Crippen LogP contribution >= 0.6 is 0 Å². The molecule has 2 atom stereocenters. The third-order valence-corrected chi connectivity index (χ3v) is 7.16. The van der Waals surface area contributed by atoms with Gasteiger partial charge in [-0.25, -0.2) is 0 Å². The number of ether oxygens (including phenoxy) is 3. The standard InChI is InChI=1S/C27H35NO5/c1-16-22(26(30)33-17-10-7-6-8-11-17)23(18-12-9-13-21(31-4)25(18)32-5)24-19(28-16)14-27(2,3)15-20(24)29/h9,12-13,17,22-23H,6-8,10-11,14-15H2,1-5H3/t22?,23-/m1/s1. The highest BCUT2D eigenvalue weighted by atomic mass is 16.5. The maximum Gasteiger partial charge on any atom is 0.315 e. The van der Waals surface area contributed by atoms with Gasteiger partial charge in [0.15, 0.2) is 17.3 Å². The average molecular weight is 454 g/mol. The van der Waals surface area contributed by atoms with E-state index in [2.05, 4.69) is 13.8 Å². The van der Waals surface area contributed by atoms with Gasteiger partial charge in [-0.1, -0.05) is 32.4 Å². The normalized spacial score (nSPS) is 25.2. The zero-order valence-corrected chi connectivity index (χ0v) is 20.4. The van der Waals surface area contributed by atoms with E-state index in [4.69, 9.17) is 19.2 Å². The highest BCUT2D eigenvalue weighted by molar-refractivity contribution is 6.09. The summed E-state index contributed by atoms with van der Waals surface area (Å²) in [7, 11) is 3.17. The van der Waals surface area contributed by atoms with Crippen molar-refractivity contribution in [1.82, 2.24) is 0 Å². The summed E-state index contributed by atoms with van der Waals surface area (Å²) in [6.45, 7) is 6.05. The molecule has 1 aromatic carbocycles. The van der Waals surface area contributed by atoms with Gasteiger partial charge in [-0.2, -0.15) is 0 Å². The SMILES string of the molecule is COc1cccc([C@H]2C3=C(CC(C)(C)CC3=O)N=C(C)C2C(=O)OC2CCCCC2)c1OC. The van der Waals surface area contributed by atoms with Gasteiger partial charge in [0.2, 0.25) is 0 Å². The molecule has 1 aliphatic heterocycles. The highest BCUT2D eigenvalue weighted by Crippen LogP contribution is 2.51. The molecule has 6 nitrogen and oxygen atoms in total. The predicted octanol–water partition coefficient (Wildman–Crippen LogP) is 5.40. The molecule has 0 aromatic heterocycles. The smallest absolute Gasteiger partial charge is 0.315 e. The van der Waals surface area contributed by atoms with Crippen molar-refractivity contribution in [2.75, 3.05) is 14.2 Å². The molecule has 0 N–H and O–H groups in total. The molecule has 1 aromatic rings. The van der Waals surface area contributed by atoms with E-state index in [1.807, 2.05) is 25.1 Å². The number of allylic oxidation sites excluding steroid dienone is 2. The maximum atomic E-state index is 13.6. The summed E-state index contributed by atoms with van der Waals surface area (Å²) in [4.78, 5) is 31.9. The molecule has 1 heterocycles. The topological polar surface area (TPSA) is 74.2 Å². The van der Waals surface area contributed by atoms with E-state index in [0.29, 0.717) is 35.6 Å². The number of esters is 1. The van der Waals surface area contributed by atoms with Crippen LogP contribution in [0.15, 0.2) is 34.5 Å². The summed E-state index contributed by atoms with van der Waals surface area (Å²) < 4.78 is 17.3. The van der Waals surface area contributed by atoms with Crippen molar-refractivity contribution in [1.29, 1.82) is 0 Å². The van der Waals surface area contributed by atoms with Crippen LogP contribution in [0.1, 0.15) is 77.2 Å². The van der Waals surface area contributed by atoms with Crippen LogP contribution in [0.25, 0.3) is 0 Å². The third kappa shape index (κ3) is 4.57. The molecule has 0 bridgehead atoms. The number of ketones is 1. The van der Waals surface area contributed by atoms with Crippen LogP contribution in [0.5, 0.6) is 11.5 Å². The van der Waals surface area contributed by atoms with Crippen LogP contribution in [0.3, 0.4) is 0 Å². The van der Waals surface area contributed by atoms with E-state index >= 15 is 0 Å². The molecule has 0 radical (unpaired) electrons. The first-order valence-corrected chi connectivity index (χ1v) is 12.0. The molecule has 33 heavy (non-hydrogen) atoms. The molecule has 3 aliphatic rings. The molecule has 178 valence electrons. The van der Waals surface area contributed by atoms with Gasteiger partial charge in [0.05, 0.1) is 14.2 Å². The van der Waals surface area contributed by atoms with Crippen LogP contribution in [0.4, 0.5) is 0 Å². The van der Waals surface area contributed by atoms with Crippen LogP contribution in [-0.2, 0) is 14.3 Å². The lowest BCUT2D eigenvalue weighted by atomic mass is 9.66. The maximum absolute atomic E-state index is 13.6. The zero-order valence-electron chi connectivity index (χ0n) is 20.4. The Morgan fingerprint density at radius 3 is 2.45 bits per heavy atom. The van der Waals surface area contributed by atoms with Crippen molar-refractivity contribution >= 4 is 17.5 Å². The first kappa shape index (κ1) is 23.5. The number of carbonyl (C=O) groups excluding carboxylic acids is 2. The summed E-state index contributed by atoms with van der Waals surface area (Å²) in [5.74, 6) is -0.330. The number of aliphatic imine (C=N–C) groups is 1. The monoisotopic (exact) mass is 453 g/mol. The average Bonchev–Trinajstić information content (AvgIpc) is 2.77. The lowest BCUT2D eigenvalue weighted by Crippen LogP contribution is -2.40. The summed E-state index contributed by atoms with van der Waals surface area (Å²) in [5, 5.41) is 0. The minimum atomic E-state index is -0.670. The Labute approximate surface area is 196 Å². The van der Waals surface area contributed by atoms with E-state index in [-0.39, 0.29) is 23.3 Å². The molecule has 0 saturated heterocycles. The van der Waals surface area contributed by atoms with Crippen molar-refractivity contribution in [3.8, 4) is 11.5 Å². The van der Waals surface area contributed by atoms with Crippen LogP contribution < -0.4 is 9.47 Å². The first-order chi connectivity index (χ1) is 15.8. The predicted molar refractivity (Wildman–Crippen MR) is 127 cm³/mol. The quantitative estimate of drug-likeness (QED) is 0.558. The van der Waals surface area contributed by atoms with E-state index in [1.54, 1.807) is 14.2 Å². The van der Waals surface area contributed by atoms with E-state index < -0.39 is 11.8 Å². The molecular weight excluding hydrogens is 418 g/mol. The Morgan fingerprint density at radius 2 is 1.79 bits per heavy atom. The molecule has 1 unspecified atom stereocenters. The molecule has 0 amide bonds. The number of methoxy groups -OCH3 is 2. The molecular formula is C27H35NO5. The fourth-order valence-electron chi connectivity index (χ4n) is 5.66. The minimum Gasteiger partial charge on any atom is -0.493 e. The second-order valence-electron chi connectivity index (χ2n) is 10.3. The van der Waals surface area contributed by atoms with E-state index in [1.165, 1.54) is 6.42 Å². The lowest BCUT2D eigenvalue weighted by molar-refractivity contribution is -0.153. The van der Waals surface area contributed by atoms with Crippen molar-refractivity contribution in [2.45, 2.75) is 77.7 Å². The van der Waals surface area contributed by atoms with Gasteiger partial charge in [-0.15, -0.1) is 0 Å². The number of Topliss-reactive ketones (excluding diaryl/α,β-unsaturated/α-hetero) is 1. The number of rotatable bonds is 5. The van der Waals surface area contributed by atoms with Crippen molar-refractivity contribution in [3.05, 3.63) is 35.0 Å². The molecule has 6 heteroatoms. The number of hydrogen-bond acceptors (Lipinski definition) is 6. The zero-order chi connectivity index (χ0) is 23.8. The molecule has 1 fully saturated rings. The number of carbonyl (C=O) groups is 2. The highest BCUT2D eigenvalue weighted by Gasteiger charge is 2.47. The van der Waals surface area contributed by atoms with Crippen molar-refractivity contribution < 1.29 is 23.8 Å². The van der Waals surface area contributed by atoms with E-state index in [9.17, 15) is 9.59 Å². The van der Waals surface area contributed by atoms with Gasteiger partial charge in [-0.05, 0) is 50.5 Å². The van der Waals surface area contributed by atoms with E-state index in [0.717, 1.165) is 36.9 Å². The Bertz CT molecular complexity index is 1000. The number of hydrogen-bond donors (Lipinski definition) is 0. The van der Waals surface area contributed by atoms with Crippen LogP contribution in [-0.4, -0.2) is 37.8 Å². The van der Waals surface area contributed by atoms with Crippen molar-refractivity contribution in [2.24, 2.45) is 16.3 Å². The van der Waals surface area contributed by atoms with Gasteiger partial charge in [0, 0.05) is 34.9 Å².